The molecule has 2 aromatic carbocycles. The van der Waals surface area contributed by atoms with Crippen LogP contribution in [0, 0.1) is 0 Å². The summed E-state index contributed by atoms with van der Waals surface area (Å²) in [6.07, 6.45) is 0. The van der Waals surface area contributed by atoms with E-state index in [2.05, 4.69) is 5.32 Å². The second-order valence-corrected chi connectivity index (χ2v) is 6.14. The van der Waals surface area contributed by atoms with Gasteiger partial charge in [-0.25, -0.2) is 0 Å². The van der Waals surface area contributed by atoms with E-state index in [9.17, 15) is 4.79 Å². The highest BCUT2D eigenvalue weighted by molar-refractivity contribution is 5.97. The molecule has 0 saturated carbocycles. The van der Waals surface area contributed by atoms with Crippen LogP contribution in [0.3, 0.4) is 0 Å². The van der Waals surface area contributed by atoms with Crippen LogP contribution in [0.1, 0.15) is 29.8 Å². The van der Waals surface area contributed by atoms with E-state index in [0.717, 1.165) is 11.3 Å². The third kappa shape index (κ3) is 3.15. The Balaban J connectivity index is 1.84. The molecule has 2 aromatic rings. The first-order chi connectivity index (χ1) is 11.5. The van der Waals surface area contributed by atoms with Crippen LogP contribution < -0.4 is 19.5 Å². The molecule has 0 spiro atoms. The summed E-state index contributed by atoms with van der Waals surface area (Å²) >= 11 is 0. The fourth-order valence-corrected chi connectivity index (χ4v) is 2.69. The van der Waals surface area contributed by atoms with Gasteiger partial charge in [0.05, 0.1) is 18.2 Å². The Labute approximate surface area is 141 Å². The topological polar surface area (TPSA) is 56.8 Å². The van der Waals surface area contributed by atoms with Gasteiger partial charge in [0.2, 0.25) is 0 Å². The van der Waals surface area contributed by atoms with Gasteiger partial charge < -0.3 is 19.5 Å². The smallest absolute Gasteiger partial charge is 0.255 e. The summed E-state index contributed by atoms with van der Waals surface area (Å²) in [6, 6.07) is 12.9. The Hall–Kier alpha value is -2.69. The lowest BCUT2D eigenvalue weighted by molar-refractivity contribution is 0.0908. The van der Waals surface area contributed by atoms with E-state index in [1.807, 2.05) is 44.2 Å². The van der Waals surface area contributed by atoms with Crippen molar-refractivity contribution in [1.82, 2.24) is 5.32 Å². The Morgan fingerprint density at radius 2 is 1.79 bits per heavy atom. The third-order valence-corrected chi connectivity index (χ3v) is 4.04. The molecule has 24 heavy (non-hydrogen) atoms. The van der Waals surface area contributed by atoms with E-state index >= 15 is 0 Å². The van der Waals surface area contributed by atoms with Crippen LogP contribution in [0.5, 0.6) is 17.2 Å². The zero-order valence-electron chi connectivity index (χ0n) is 14.1. The summed E-state index contributed by atoms with van der Waals surface area (Å²) in [6.45, 7) is 4.99. The van der Waals surface area contributed by atoms with Gasteiger partial charge in [0.15, 0.2) is 11.5 Å². The first-order valence-corrected chi connectivity index (χ1v) is 7.87. The summed E-state index contributed by atoms with van der Waals surface area (Å²) < 4.78 is 16.4. The van der Waals surface area contributed by atoms with Crippen LogP contribution in [-0.2, 0) is 5.54 Å². The first kappa shape index (κ1) is 16.2. The van der Waals surface area contributed by atoms with Crippen molar-refractivity contribution >= 4 is 5.91 Å². The molecule has 0 saturated heterocycles. The molecular formula is C19H21NO4. The quantitative estimate of drug-likeness (QED) is 0.937. The van der Waals surface area contributed by atoms with Crippen LogP contribution in [0.4, 0.5) is 0 Å². The molecule has 1 aliphatic heterocycles. The third-order valence-electron chi connectivity index (χ3n) is 4.04. The fourth-order valence-electron chi connectivity index (χ4n) is 2.69. The van der Waals surface area contributed by atoms with Gasteiger partial charge in [-0.05, 0) is 43.7 Å². The van der Waals surface area contributed by atoms with Crippen molar-refractivity contribution in [2.75, 3.05) is 20.3 Å². The maximum Gasteiger partial charge on any atom is 0.255 e. The van der Waals surface area contributed by atoms with E-state index in [4.69, 9.17) is 14.2 Å². The molecule has 1 aliphatic rings. The van der Waals surface area contributed by atoms with E-state index in [1.54, 1.807) is 19.2 Å². The van der Waals surface area contributed by atoms with E-state index in [-0.39, 0.29) is 5.91 Å². The lowest BCUT2D eigenvalue weighted by Gasteiger charge is -2.29. The molecule has 0 unspecified atom stereocenters. The standard InChI is InChI=1S/C19H21NO4/c1-19(2,13-8-9-16-17(12-13)24-11-10-23-16)20-18(21)14-6-4-5-7-15(14)22-3/h4-9,12H,10-11H2,1-3H3,(H,20,21). The van der Waals surface area contributed by atoms with Crippen LogP contribution in [-0.4, -0.2) is 26.2 Å². The number of fused-ring (bicyclic) bond motifs is 1. The molecule has 0 aliphatic carbocycles. The molecule has 0 atom stereocenters. The molecule has 5 heteroatoms. The predicted molar refractivity (Wildman–Crippen MR) is 90.9 cm³/mol. The summed E-state index contributed by atoms with van der Waals surface area (Å²) in [5.74, 6) is 1.80. The first-order valence-electron chi connectivity index (χ1n) is 7.87. The summed E-state index contributed by atoms with van der Waals surface area (Å²) in [5, 5.41) is 3.06. The summed E-state index contributed by atoms with van der Waals surface area (Å²) in [5.41, 5.74) is 0.869. The van der Waals surface area contributed by atoms with Crippen LogP contribution >= 0.6 is 0 Å². The second kappa shape index (κ2) is 6.43. The lowest BCUT2D eigenvalue weighted by Crippen LogP contribution is -2.41. The van der Waals surface area contributed by atoms with Crippen molar-refractivity contribution in [3.63, 3.8) is 0 Å². The van der Waals surface area contributed by atoms with E-state index in [0.29, 0.717) is 30.3 Å². The monoisotopic (exact) mass is 327 g/mol. The number of benzene rings is 2. The Morgan fingerprint density at radius 3 is 2.54 bits per heavy atom. The van der Waals surface area contributed by atoms with Crippen LogP contribution in [0.25, 0.3) is 0 Å². The highest BCUT2D eigenvalue weighted by Gasteiger charge is 2.26. The number of para-hydroxylation sites is 1. The maximum atomic E-state index is 12.7. The second-order valence-electron chi connectivity index (χ2n) is 6.14. The van der Waals surface area contributed by atoms with Crippen molar-refractivity contribution in [2.24, 2.45) is 0 Å². The molecule has 0 radical (unpaired) electrons. The molecule has 1 heterocycles. The highest BCUT2D eigenvalue weighted by atomic mass is 16.6. The number of ether oxygens (including phenoxy) is 3. The SMILES string of the molecule is COc1ccccc1C(=O)NC(C)(C)c1ccc2c(c1)OCCO2. The minimum atomic E-state index is -0.576. The van der Waals surface area contributed by atoms with Crippen LogP contribution in [0.2, 0.25) is 0 Å². The van der Waals surface area contributed by atoms with Crippen LogP contribution in [0.15, 0.2) is 42.5 Å². The number of carbonyl (C=O) groups excluding carboxylic acids is 1. The minimum Gasteiger partial charge on any atom is -0.496 e. The average Bonchev–Trinajstić information content (AvgIpc) is 2.60. The Morgan fingerprint density at radius 1 is 1.08 bits per heavy atom. The zero-order chi connectivity index (χ0) is 17.2. The van der Waals surface area contributed by atoms with E-state index < -0.39 is 5.54 Å². The summed E-state index contributed by atoms with van der Waals surface area (Å²) in [7, 11) is 1.55. The van der Waals surface area contributed by atoms with Crippen molar-refractivity contribution in [3.05, 3.63) is 53.6 Å². The van der Waals surface area contributed by atoms with Crippen molar-refractivity contribution in [1.29, 1.82) is 0 Å². The molecule has 0 bridgehead atoms. The molecule has 1 N–H and O–H groups in total. The molecule has 0 aromatic heterocycles. The lowest BCUT2D eigenvalue weighted by atomic mass is 9.93. The Bertz CT molecular complexity index is 755. The number of amides is 1. The number of nitrogens with one attached hydrogen (secondary N) is 1. The largest absolute Gasteiger partial charge is 0.496 e. The van der Waals surface area contributed by atoms with Crippen molar-refractivity contribution in [2.45, 2.75) is 19.4 Å². The van der Waals surface area contributed by atoms with Gasteiger partial charge in [-0.15, -0.1) is 0 Å². The van der Waals surface area contributed by atoms with Crippen molar-refractivity contribution < 1.29 is 19.0 Å². The molecule has 1 amide bonds. The van der Waals surface area contributed by atoms with Gasteiger partial charge in [-0.2, -0.15) is 0 Å². The molecule has 3 rings (SSSR count). The van der Waals surface area contributed by atoms with Gasteiger partial charge in [0, 0.05) is 0 Å². The normalized spacial score (nSPS) is 13.3. The van der Waals surface area contributed by atoms with Crippen molar-refractivity contribution in [3.8, 4) is 17.2 Å². The highest BCUT2D eigenvalue weighted by Crippen LogP contribution is 2.34. The van der Waals surface area contributed by atoms with E-state index in [1.165, 1.54) is 0 Å². The minimum absolute atomic E-state index is 0.188. The number of methoxy groups -OCH3 is 1. The van der Waals surface area contributed by atoms with Gasteiger partial charge in [-0.3, -0.25) is 4.79 Å². The summed E-state index contributed by atoms with van der Waals surface area (Å²) in [4.78, 5) is 12.7. The number of carbonyl (C=O) groups is 1. The molecule has 126 valence electrons. The predicted octanol–water partition coefficient (Wildman–Crippen LogP) is 3.13. The number of hydrogen-bond donors (Lipinski definition) is 1. The van der Waals surface area contributed by atoms with Gasteiger partial charge in [0.1, 0.15) is 19.0 Å². The molecular weight excluding hydrogens is 306 g/mol. The molecule has 5 nitrogen and oxygen atoms in total. The number of hydrogen-bond acceptors (Lipinski definition) is 4. The Kier molecular flexibility index (Phi) is 4.34. The molecule has 0 fully saturated rings. The fraction of sp³-hybridized carbons (Fsp3) is 0.316. The average molecular weight is 327 g/mol. The number of rotatable bonds is 4. The zero-order valence-corrected chi connectivity index (χ0v) is 14.1. The maximum absolute atomic E-state index is 12.7. The van der Waals surface area contributed by atoms with Gasteiger partial charge in [0.25, 0.3) is 5.91 Å². The van der Waals surface area contributed by atoms with Gasteiger partial charge in [-0.1, -0.05) is 18.2 Å². The van der Waals surface area contributed by atoms with Gasteiger partial charge >= 0.3 is 0 Å².